The first-order valence-corrected chi connectivity index (χ1v) is 6.06. The predicted octanol–water partition coefficient (Wildman–Crippen LogP) is 1.73. The van der Waals surface area contributed by atoms with Gasteiger partial charge in [-0.05, 0) is 31.7 Å². The smallest absolute Gasteiger partial charge is 0.416 e. The van der Waals surface area contributed by atoms with Crippen molar-refractivity contribution in [3.8, 4) is 5.75 Å². The molecule has 20 heavy (non-hydrogen) atoms. The molecule has 0 aliphatic carbocycles. The zero-order chi connectivity index (χ0) is 15.2. The molecule has 0 spiro atoms. The van der Waals surface area contributed by atoms with Gasteiger partial charge in [-0.2, -0.15) is 13.2 Å². The maximum Gasteiger partial charge on any atom is 0.416 e. The third-order valence-electron chi connectivity index (χ3n) is 2.58. The lowest BCUT2D eigenvalue weighted by atomic mass is 10.1. The summed E-state index contributed by atoms with van der Waals surface area (Å²) in [7, 11) is 1.74. The van der Waals surface area contributed by atoms with E-state index in [1.165, 1.54) is 19.1 Å². The molecule has 0 fully saturated rings. The van der Waals surface area contributed by atoms with Crippen LogP contribution in [0.25, 0.3) is 0 Å². The summed E-state index contributed by atoms with van der Waals surface area (Å²) >= 11 is 0. The molecule has 0 saturated heterocycles. The molecule has 0 saturated carbocycles. The number of hydrogen-bond donors (Lipinski definition) is 2. The highest BCUT2D eigenvalue weighted by Gasteiger charge is 2.32. The monoisotopic (exact) mass is 290 g/mol. The number of ether oxygens (including phenoxy) is 1. The topological polar surface area (TPSA) is 50.4 Å². The number of likely N-dealkylation sites (N-methyl/N-ethyl adjacent to an activating group) is 1. The Morgan fingerprint density at radius 3 is 2.60 bits per heavy atom. The normalized spacial score (nSPS) is 11.2. The lowest BCUT2D eigenvalue weighted by Gasteiger charge is -2.13. The number of hydrogen-bond acceptors (Lipinski definition) is 3. The van der Waals surface area contributed by atoms with Crippen molar-refractivity contribution >= 4 is 5.91 Å². The fourth-order valence-electron chi connectivity index (χ4n) is 1.52. The minimum Gasteiger partial charge on any atom is -0.484 e. The van der Waals surface area contributed by atoms with Crippen LogP contribution in [0, 0.1) is 6.92 Å². The number of aryl methyl sites for hydroxylation is 1. The molecule has 0 atom stereocenters. The number of carbonyl (C=O) groups excluding carboxylic acids is 1. The summed E-state index contributed by atoms with van der Waals surface area (Å²) in [5.74, 6) is -0.360. The Bertz CT molecular complexity index is 461. The van der Waals surface area contributed by atoms with E-state index in [2.05, 4.69) is 10.6 Å². The summed E-state index contributed by atoms with van der Waals surface area (Å²) in [6.07, 6.45) is -4.43. The molecule has 1 aromatic rings. The van der Waals surface area contributed by atoms with Gasteiger partial charge in [-0.3, -0.25) is 4.79 Å². The molecular weight excluding hydrogens is 273 g/mol. The first-order valence-electron chi connectivity index (χ1n) is 6.06. The fourth-order valence-corrected chi connectivity index (χ4v) is 1.52. The van der Waals surface area contributed by atoms with Gasteiger partial charge in [0.1, 0.15) is 5.75 Å². The summed E-state index contributed by atoms with van der Waals surface area (Å²) < 4.78 is 43.1. The Kier molecular flexibility index (Phi) is 5.82. The van der Waals surface area contributed by atoms with Crippen LogP contribution in [-0.4, -0.2) is 32.7 Å². The quantitative estimate of drug-likeness (QED) is 0.785. The van der Waals surface area contributed by atoms with Crippen LogP contribution in [-0.2, 0) is 11.0 Å². The van der Waals surface area contributed by atoms with Crippen molar-refractivity contribution in [1.82, 2.24) is 10.6 Å². The zero-order valence-corrected chi connectivity index (χ0v) is 11.3. The lowest BCUT2D eigenvalue weighted by Crippen LogP contribution is -2.33. The number of nitrogens with one attached hydrogen (secondary N) is 2. The largest absolute Gasteiger partial charge is 0.484 e. The van der Waals surface area contributed by atoms with Crippen LogP contribution >= 0.6 is 0 Å². The number of halogens is 3. The first-order chi connectivity index (χ1) is 9.34. The van der Waals surface area contributed by atoms with E-state index in [0.717, 1.165) is 6.07 Å². The van der Waals surface area contributed by atoms with Crippen LogP contribution in [0.2, 0.25) is 0 Å². The molecule has 1 rings (SSSR count). The molecule has 1 amide bonds. The Labute approximate surface area is 115 Å². The minimum absolute atomic E-state index is 0.0201. The highest BCUT2D eigenvalue weighted by molar-refractivity contribution is 5.77. The molecule has 0 aromatic heterocycles. The van der Waals surface area contributed by atoms with Gasteiger partial charge in [-0.25, -0.2) is 0 Å². The van der Waals surface area contributed by atoms with Gasteiger partial charge in [0.25, 0.3) is 5.91 Å². The van der Waals surface area contributed by atoms with Crippen LogP contribution in [0.3, 0.4) is 0 Å². The van der Waals surface area contributed by atoms with Gasteiger partial charge >= 0.3 is 6.18 Å². The lowest BCUT2D eigenvalue weighted by molar-refractivity contribution is -0.138. The van der Waals surface area contributed by atoms with Crippen molar-refractivity contribution in [3.63, 3.8) is 0 Å². The maximum atomic E-state index is 12.7. The molecule has 0 radical (unpaired) electrons. The number of rotatable bonds is 6. The molecule has 0 heterocycles. The SMILES string of the molecule is CNCCNC(=O)COc1ccc(C)c(C(F)(F)F)c1. The second kappa shape index (κ2) is 7.14. The van der Waals surface area contributed by atoms with E-state index in [4.69, 9.17) is 4.74 Å². The third kappa shape index (κ3) is 5.08. The van der Waals surface area contributed by atoms with Gasteiger partial charge in [0.05, 0.1) is 5.56 Å². The molecule has 7 heteroatoms. The van der Waals surface area contributed by atoms with Crippen LogP contribution in [0.15, 0.2) is 18.2 Å². The number of benzene rings is 1. The van der Waals surface area contributed by atoms with E-state index in [1.807, 2.05) is 0 Å². The van der Waals surface area contributed by atoms with Gasteiger partial charge < -0.3 is 15.4 Å². The summed E-state index contributed by atoms with van der Waals surface area (Å²) in [6, 6.07) is 3.62. The van der Waals surface area contributed by atoms with Crippen LogP contribution in [0.5, 0.6) is 5.75 Å². The van der Waals surface area contributed by atoms with Crippen LogP contribution < -0.4 is 15.4 Å². The van der Waals surface area contributed by atoms with E-state index in [-0.39, 0.29) is 23.8 Å². The van der Waals surface area contributed by atoms with Gasteiger partial charge in [0, 0.05) is 13.1 Å². The Morgan fingerprint density at radius 2 is 2.00 bits per heavy atom. The molecule has 1 aromatic carbocycles. The van der Waals surface area contributed by atoms with Crippen molar-refractivity contribution in [3.05, 3.63) is 29.3 Å². The van der Waals surface area contributed by atoms with E-state index >= 15 is 0 Å². The summed E-state index contributed by atoms with van der Waals surface area (Å²) in [6.45, 7) is 2.09. The van der Waals surface area contributed by atoms with E-state index in [0.29, 0.717) is 13.1 Å². The molecule has 112 valence electrons. The minimum atomic E-state index is -4.43. The van der Waals surface area contributed by atoms with Crippen molar-refractivity contribution in [2.45, 2.75) is 13.1 Å². The average molecular weight is 290 g/mol. The van der Waals surface area contributed by atoms with E-state index in [1.54, 1.807) is 7.05 Å². The molecule has 2 N–H and O–H groups in total. The van der Waals surface area contributed by atoms with Crippen molar-refractivity contribution in [1.29, 1.82) is 0 Å². The number of alkyl halides is 3. The van der Waals surface area contributed by atoms with Gasteiger partial charge in [0.2, 0.25) is 0 Å². The molecule has 0 bridgehead atoms. The second-order valence-corrected chi connectivity index (χ2v) is 4.22. The first kappa shape index (κ1) is 16.3. The zero-order valence-electron chi connectivity index (χ0n) is 11.3. The number of carbonyl (C=O) groups is 1. The van der Waals surface area contributed by atoms with E-state index in [9.17, 15) is 18.0 Å². The molecule has 0 unspecified atom stereocenters. The maximum absolute atomic E-state index is 12.7. The highest BCUT2D eigenvalue weighted by atomic mass is 19.4. The summed E-state index contributed by atoms with van der Waals surface area (Å²) in [5.41, 5.74) is -0.645. The van der Waals surface area contributed by atoms with Crippen molar-refractivity contribution in [2.75, 3.05) is 26.7 Å². The van der Waals surface area contributed by atoms with Gasteiger partial charge in [0.15, 0.2) is 6.61 Å². The number of amides is 1. The van der Waals surface area contributed by atoms with E-state index < -0.39 is 11.7 Å². The van der Waals surface area contributed by atoms with Crippen LogP contribution in [0.4, 0.5) is 13.2 Å². The molecule has 0 aliphatic rings. The fraction of sp³-hybridized carbons (Fsp3) is 0.462. The molecular formula is C13H17F3N2O2. The molecule has 4 nitrogen and oxygen atoms in total. The Hall–Kier alpha value is -1.76. The predicted molar refractivity (Wildman–Crippen MR) is 68.6 cm³/mol. The van der Waals surface area contributed by atoms with Gasteiger partial charge in [-0.1, -0.05) is 6.07 Å². The Morgan fingerprint density at radius 1 is 1.30 bits per heavy atom. The average Bonchev–Trinajstić information content (AvgIpc) is 2.36. The summed E-state index contributed by atoms with van der Waals surface area (Å²) in [4.78, 5) is 11.4. The molecule has 0 aliphatic heterocycles. The second-order valence-electron chi connectivity index (χ2n) is 4.22. The van der Waals surface area contributed by atoms with Crippen LogP contribution in [0.1, 0.15) is 11.1 Å². The van der Waals surface area contributed by atoms with Gasteiger partial charge in [-0.15, -0.1) is 0 Å². The summed E-state index contributed by atoms with van der Waals surface area (Å²) in [5, 5.41) is 5.41. The van der Waals surface area contributed by atoms with Crippen molar-refractivity contribution in [2.24, 2.45) is 0 Å². The Balaban J connectivity index is 2.59. The standard InChI is InChI=1S/C13H17F3N2O2/c1-9-3-4-10(7-11(9)13(14,15)16)20-8-12(19)18-6-5-17-2/h3-4,7,17H,5-6,8H2,1-2H3,(H,18,19). The third-order valence-corrected chi connectivity index (χ3v) is 2.58. The van der Waals surface area contributed by atoms with Crippen molar-refractivity contribution < 1.29 is 22.7 Å². The highest BCUT2D eigenvalue weighted by Crippen LogP contribution is 2.33.